The highest BCUT2D eigenvalue weighted by Gasteiger charge is 2.31. The number of carbonyl (C=O) groups excluding carboxylic acids is 2. The Morgan fingerprint density at radius 3 is 2.48 bits per heavy atom. The van der Waals surface area contributed by atoms with E-state index >= 15 is 0 Å². The fraction of sp³-hybridized carbons (Fsp3) is 0.444. The molecule has 2 heterocycles. The van der Waals surface area contributed by atoms with Crippen molar-refractivity contribution >= 4 is 21.8 Å². The molecule has 29 heavy (non-hydrogen) atoms. The van der Waals surface area contributed by atoms with Crippen molar-refractivity contribution in [3.63, 3.8) is 0 Å². The number of hydrogen-bond donors (Lipinski definition) is 0. The number of piperazine rings is 1. The molecule has 3 rings (SSSR count). The molecule has 2 aromatic rings. The Labute approximate surface area is 168 Å². The summed E-state index contributed by atoms with van der Waals surface area (Å²) in [5.74, 6) is -1.28. The number of ether oxygens (including phenoxy) is 1. The number of aromatic nitrogens is 2. The van der Waals surface area contributed by atoms with Gasteiger partial charge in [-0.15, -0.1) is 5.10 Å². The number of rotatable bonds is 5. The van der Waals surface area contributed by atoms with Gasteiger partial charge in [-0.25, -0.2) is 13.2 Å². The van der Waals surface area contributed by atoms with E-state index in [-0.39, 0.29) is 38.7 Å². The Bertz CT molecular complexity index is 995. The smallest absolute Gasteiger partial charge is 0.409 e. The van der Waals surface area contributed by atoms with Gasteiger partial charge in [-0.2, -0.15) is 0 Å². The van der Waals surface area contributed by atoms with Crippen molar-refractivity contribution in [3.05, 3.63) is 29.8 Å². The Hall–Kier alpha value is -2.95. The average Bonchev–Trinajstić information content (AvgIpc) is 3.19. The van der Waals surface area contributed by atoms with E-state index in [2.05, 4.69) is 10.2 Å². The van der Waals surface area contributed by atoms with Gasteiger partial charge < -0.3 is 19.0 Å². The van der Waals surface area contributed by atoms with Crippen LogP contribution in [0.5, 0.6) is 0 Å². The molecule has 11 heteroatoms. The SMILES string of the molecule is CCOC(=O)N1CCN(C(=O)CS(=O)(=O)c2nnc(-c3cccc(C)c3)o2)CC1. The lowest BCUT2D eigenvalue weighted by atomic mass is 10.1. The zero-order valence-electron chi connectivity index (χ0n) is 16.2. The first-order valence-electron chi connectivity index (χ1n) is 9.13. The van der Waals surface area contributed by atoms with E-state index in [9.17, 15) is 18.0 Å². The second-order valence-electron chi connectivity index (χ2n) is 6.57. The maximum Gasteiger partial charge on any atom is 0.409 e. The third-order valence-corrected chi connectivity index (χ3v) is 5.73. The summed E-state index contributed by atoms with van der Waals surface area (Å²) >= 11 is 0. The van der Waals surface area contributed by atoms with E-state index < -0.39 is 32.8 Å². The summed E-state index contributed by atoms with van der Waals surface area (Å²) < 4.78 is 35.3. The first-order valence-corrected chi connectivity index (χ1v) is 10.8. The molecule has 0 spiro atoms. The summed E-state index contributed by atoms with van der Waals surface area (Å²) in [7, 11) is -4.08. The van der Waals surface area contributed by atoms with Gasteiger partial charge in [0, 0.05) is 31.7 Å². The standard InChI is InChI=1S/C18H22N4O6S/c1-3-27-18(24)22-9-7-21(8-10-22)15(23)12-29(25,26)17-20-19-16(28-17)14-6-4-5-13(2)11-14/h4-6,11H,3,7-10,12H2,1-2H3. The maximum absolute atomic E-state index is 12.5. The molecule has 0 unspecified atom stereocenters. The first kappa shape index (κ1) is 20.8. The predicted molar refractivity (Wildman–Crippen MR) is 102 cm³/mol. The minimum absolute atomic E-state index is 0.0720. The van der Waals surface area contributed by atoms with E-state index in [1.807, 2.05) is 13.0 Å². The van der Waals surface area contributed by atoms with Crippen LogP contribution in [0.2, 0.25) is 0 Å². The highest BCUT2D eigenvalue weighted by molar-refractivity contribution is 7.91. The van der Waals surface area contributed by atoms with Crippen LogP contribution in [-0.2, 0) is 19.4 Å². The monoisotopic (exact) mass is 422 g/mol. The van der Waals surface area contributed by atoms with Gasteiger partial charge in [-0.1, -0.05) is 22.8 Å². The largest absolute Gasteiger partial charge is 0.450 e. The molecule has 1 saturated heterocycles. The molecule has 1 aliphatic heterocycles. The van der Waals surface area contributed by atoms with Gasteiger partial charge in [0.2, 0.25) is 21.6 Å². The van der Waals surface area contributed by atoms with Crippen LogP contribution in [0.3, 0.4) is 0 Å². The molecule has 0 N–H and O–H groups in total. The lowest BCUT2D eigenvalue weighted by Crippen LogP contribution is -2.51. The minimum atomic E-state index is -4.08. The number of sulfone groups is 1. The van der Waals surface area contributed by atoms with Gasteiger partial charge in [0.25, 0.3) is 0 Å². The van der Waals surface area contributed by atoms with Crippen molar-refractivity contribution in [3.8, 4) is 11.5 Å². The van der Waals surface area contributed by atoms with Gasteiger partial charge in [0.15, 0.2) is 0 Å². The van der Waals surface area contributed by atoms with Gasteiger partial charge in [-0.3, -0.25) is 4.79 Å². The van der Waals surface area contributed by atoms with Crippen LogP contribution >= 0.6 is 0 Å². The van der Waals surface area contributed by atoms with Crippen molar-refractivity contribution in [2.24, 2.45) is 0 Å². The van der Waals surface area contributed by atoms with Crippen molar-refractivity contribution in [1.82, 2.24) is 20.0 Å². The highest BCUT2D eigenvalue weighted by atomic mass is 32.2. The number of carbonyl (C=O) groups is 2. The van der Waals surface area contributed by atoms with Crippen molar-refractivity contribution in [2.45, 2.75) is 19.1 Å². The number of aryl methyl sites for hydroxylation is 1. The molecular weight excluding hydrogens is 400 g/mol. The third kappa shape index (κ3) is 4.91. The van der Waals surface area contributed by atoms with Crippen LogP contribution in [-0.4, -0.2) is 79.0 Å². The second kappa shape index (κ2) is 8.60. The van der Waals surface area contributed by atoms with Crippen LogP contribution in [0.4, 0.5) is 4.79 Å². The fourth-order valence-electron chi connectivity index (χ4n) is 2.90. The molecule has 2 amide bonds. The summed E-state index contributed by atoms with van der Waals surface area (Å²) in [4.78, 5) is 27.0. The number of nitrogens with zero attached hydrogens (tertiary/aromatic N) is 4. The Kier molecular flexibility index (Phi) is 6.16. The van der Waals surface area contributed by atoms with Crippen LogP contribution in [0.1, 0.15) is 12.5 Å². The Balaban J connectivity index is 1.63. The number of hydrogen-bond acceptors (Lipinski definition) is 8. The summed E-state index contributed by atoms with van der Waals surface area (Å²) in [6.45, 7) is 4.88. The zero-order valence-corrected chi connectivity index (χ0v) is 17.0. The van der Waals surface area contributed by atoms with Gasteiger partial charge in [-0.05, 0) is 26.0 Å². The van der Waals surface area contributed by atoms with E-state index in [0.29, 0.717) is 5.56 Å². The second-order valence-corrected chi connectivity index (χ2v) is 8.44. The van der Waals surface area contributed by atoms with Gasteiger partial charge >= 0.3 is 11.3 Å². The normalized spacial score (nSPS) is 14.7. The van der Waals surface area contributed by atoms with Crippen molar-refractivity contribution in [1.29, 1.82) is 0 Å². The van der Waals surface area contributed by atoms with Crippen LogP contribution in [0.25, 0.3) is 11.5 Å². The number of benzene rings is 1. The highest BCUT2D eigenvalue weighted by Crippen LogP contribution is 2.21. The van der Waals surface area contributed by atoms with E-state index in [1.165, 1.54) is 9.80 Å². The lowest BCUT2D eigenvalue weighted by Gasteiger charge is -2.33. The van der Waals surface area contributed by atoms with Gasteiger partial charge in [0.1, 0.15) is 5.75 Å². The Morgan fingerprint density at radius 2 is 1.83 bits per heavy atom. The quantitative estimate of drug-likeness (QED) is 0.702. The van der Waals surface area contributed by atoms with Crippen LogP contribution in [0.15, 0.2) is 33.9 Å². The minimum Gasteiger partial charge on any atom is -0.450 e. The molecule has 1 aromatic carbocycles. The molecule has 1 aromatic heterocycles. The summed E-state index contributed by atoms with van der Waals surface area (Å²) in [6, 6.07) is 7.20. The molecule has 10 nitrogen and oxygen atoms in total. The molecular formula is C18H22N4O6S. The molecule has 1 fully saturated rings. The fourth-order valence-corrected chi connectivity index (χ4v) is 3.90. The van der Waals surface area contributed by atoms with Crippen LogP contribution in [0, 0.1) is 6.92 Å². The number of amides is 2. The zero-order chi connectivity index (χ0) is 21.0. The third-order valence-electron chi connectivity index (χ3n) is 4.41. The predicted octanol–water partition coefficient (Wildman–Crippen LogP) is 1.12. The molecule has 0 aliphatic carbocycles. The van der Waals surface area contributed by atoms with E-state index in [4.69, 9.17) is 9.15 Å². The van der Waals surface area contributed by atoms with Crippen molar-refractivity contribution in [2.75, 3.05) is 38.5 Å². The molecule has 0 radical (unpaired) electrons. The summed E-state index contributed by atoms with van der Waals surface area (Å²) in [5, 5.41) is 6.79. The summed E-state index contributed by atoms with van der Waals surface area (Å²) in [5.41, 5.74) is 1.56. The summed E-state index contributed by atoms with van der Waals surface area (Å²) in [6.07, 6.45) is -0.443. The van der Waals surface area contributed by atoms with E-state index in [0.717, 1.165) is 5.56 Å². The topological polar surface area (TPSA) is 123 Å². The van der Waals surface area contributed by atoms with Crippen molar-refractivity contribution < 1.29 is 27.2 Å². The first-order chi connectivity index (χ1) is 13.8. The molecule has 0 saturated carbocycles. The lowest BCUT2D eigenvalue weighted by molar-refractivity contribution is -0.130. The van der Waals surface area contributed by atoms with Crippen LogP contribution < -0.4 is 0 Å². The molecule has 156 valence electrons. The molecule has 0 atom stereocenters. The molecule has 0 bridgehead atoms. The van der Waals surface area contributed by atoms with E-state index in [1.54, 1.807) is 25.1 Å². The Morgan fingerprint density at radius 1 is 1.14 bits per heavy atom. The van der Waals surface area contributed by atoms with Gasteiger partial charge in [0.05, 0.1) is 6.61 Å². The molecule has 1 aliphatic rings. The maximum atomic E-state index is 12.5. The average molecular weight is 422 g/mol.